The Morgan fingerprint density at radius 3 is 1.38 bits per heavy atom. The molecule has 0 unspecified atom stereocenters. The Morgan fingerprint density at radius 2 is 1.06 bits per heavy atom. The van der Waals surface area contributed by atoms with Gasteiger partial charge in [0.1, 0.15) is 0 Å². The van der Waals surface area contributed by atoms with Gasteiger partial charge in [-0.1, -0.05) is 60.7 Å². The van der Waals surface area contributed by atoms with Gasteiger partial charge in [0.25, 0.3) is 0 Å². The average molecular weight is 212 g/mol. The van der Waals surface area contributed by atoms with E-state index in [0.717, 1.165) is 11.1 Å². The third-order valence-corrected chi connectivity index (χ3v) is 2.62. The van der Waals surface area contributed by atoms with Gasteiger partial charge in [0.05, 0.1) is 0 Å². The first-order valence-electron chi connectivity index (χ1n) is 5.25. The quantitative estimate of drug-likeness (QED) is 0.762. The lowest BCUT2D eigenvalue weighted by molar-refractivity contribution is 0.396. The lowest BCUT2D eigenvalue weighted by Gasteiger charge is -2.16. The van der Waals surface area contributed by atoms with Crippen molar-refractivity contribution in [3.8, 4) is 0 Å². The highest BCUT2D eigenvalue weighted by Crippen LogP contribution is 2.24. The Labute approximate surface area is 95.3 Å². The van der Waals surface area contributed by atoms with Crippen LogP contribution >= 0.6 is 0 Å². The highest BCUT2D eigenvalue weighted by Gasteiger charge is 2.26. The van der Waals surface area contributed by atoms with Gasteiger partial charge in [-0.25, -0.2) is 0 Å². The van der Waals surface area contributed by atoms with Crippen molar-refractivity contribution >= 4 is 7.12 Å². The topological polar surface area (TPSA) is 40.5 Å². The van der Waals surface area contributed by atoms with Crippen molar-refractivity contribution in [2.75, 3.05) is 0 Å². The first-order chi connectivity index (χ1) is 7.79. The fourth-order valence-electron chi connectivity index (χ4n) is 1.86. The van der Waals surface area contributed by atoms with E-state index in [1.807, 2.05) is 60.7 Å². The smallest absolute Gasteiger partial charge is 0.426 e. The molecule has 0 radical (unpaired) electrons. The van der Waals surface area contributed by atoms with Gasteiger partial charge < -0.3 is 10.0 Å². The van der Waals surface area contributed by atoms with E-state index in [0.29, 0.717) is 0 Å². The molecule has 0 fully saturated rings. The first-order valence-corrected chi connectivity index (χ1v) is 5.25. The summed E-state index contributed by atoms with van der Waals surface area (Å²) in [4.78, 5) is 0. The Kier molecular flexibility index (Phi) is 3.39. The molecular weight excluding hydrogens is 199 g/mol. The van der Waals surface area contributed by atoms with Gasteiger partial charge in [-0.3, -0.25) is 0 Å². The summed E-state index contributed by atoms with van der Waals surface area (Å²) in [6.45, 7) is 0. The normalized spacial score (nSPS) is 10.4. The molecule has 0 aliphatic carbocycles. The average Bonchev–Trinajstić information content (AvgIpc) is 2.31. The van der Waals surface area contributed by atoms with Gasteiger partial charge in [-0.15, -0.1) is 0 Å². The monoisotopic (exact) mass is 212 g/mol. The molecule has 0 aromatic heterocycles. The highest BCUT2D eigenvalue weighted by atomic mass is 16.4. The molecule has 3 heteroatoms. The summed E-state index contributed by atoms with van der Waals surface area (Å²) in [6, 6.07) is 19.0. The lowest BCUT2D eigenvalue weighted by atomic mass is 9.65. The van der Waals surface area contributed by atoms with Crippen LogP contribution in [0.1, 0.15) is 16.9 Å². The fourth-order valence-corrected chi connectivity index (χ4v) is 1.86. The third kappa shape index (κ3) is 2.32. The van der Waals surface area contributed by atoms with Crippen molar-refractivity contribution in [2.45, 2.75) is 5.82 Å². The molecule has 2 aromatic rings. The Morgan fingerprint density at radius 1 is 0.688 bits per heavy atom. The molecule has 2 rings (SSSR count). The zero-order chi connectivity index (χ0) is 11.4. The van der Waals surface area contributed by atoms with Crippen LogP contribution in [0.25, 0.3) is 0 Å². The lowest BCUT2D eigenvalue weighted by Crippen LogP contribution is -2.24. The van der Waals surface area contributed by atoms with Crippen LogP contribution in [0.2, 0.25) is 0 Å². The van der Waals surface area contributed by atoms with Gasteiger partial charge in [-0.2, -0.15) is 0 Å². The summed E-state index contributed by atoms with van der Waals surface area (Å²) in [5.41, 5.74) is 1.81. The summed E-state index contributed by atoms with van der Waals surface area (Å²) < 4.78 is 0. The van der Waals surface area contributed by atoms with Crippen molar-refractivity contribution in [3.05, 3.63) is 71.8 Å². The van der Waals surface area contributed by atoms with Crippen LogP contribution in [0.4, 0.5) is 0 Å². The molecular formula is C13H13BO2. The maximum absolute atomic E-state index is 9.47. The third-order valence-electron chi connectivity index (χ3n) is 2.62. The minimum atomic E-state index is -1.38. The molecule has 0 saturated carbocycles. The largest absolute Gasteiger partial charge is 0.464 e. The predicted octanol–water partition coefficient (Wildman–Crippen LogP) is 1.83. The summed E-state index contributed by atoms with van der Waals surface area (Å²) in [5.74, 6) is -0.387. The van der Waals surface area contributed by atoms with Gasteiger partial charge >= 0.3 is 7.12 Å². The highest BCUT2D eigenvalue weighted by molar-refractivity contribution is 6.44. The Balaban J connectivity index is 2.40. The summed E-state index contributed by atoms with van der Waals surface area (Å²) in [7, 11) is -1.38. The van der Waals surface area contributed by atoms with Crippen molar-refractivity contribution in [1.29, 1.82) is 0 Å². The molecule has 80 valence electrons. The van der Waals surface area contributed by atoms with E-state index >= 15 is 0 Å². The van der Waals surface area contributed by atoms with E-state index < -0.39 is 7.12 Å². The number of benzene rings is 2. The van der Waals surface area contributed by atoms with Crippen LogP contribution in [0.5, 0.6) is 0 Å². The van der Waals surface area contributed by atoms with Crippen LogP contribution in [-0.4, -0.2) is 17.2 Å². The molecule has 0 aliphatic heterocycles. The second kappa shape index (κ2) is 4.97. The van der Waals surface area contributed by atoms with Crippen molar-refractivity contribution in [2.24, 2.45) is 0 Å². The summed E-state index contributed by atoms with van der Waals surface area (Å²) in [6.07, 6.45) is 0. The molecule has 0 atom stereocenters. The Bertz CT molecular complexity index is 389. The van der Waals surface area contributed by atoms with E-state index in [1.54, 1.807) is 0 Å². The first kappa shape index (κ1) is 10.9. The molecule has 2 aromatic carbocycles. The standard InChI is InChI=1S/C13H13BO2/c15-14(16)13(11-7-3-1-4-8-11)12-9-5-2-6-10-12/h1-10,13,15-16H. The zero-order valence-corrected chi connectivity index (χ0v) is 8.82. The predicted molar refractivity (Wildman–Crippen MR) is 64.9 cm³/mol. The van der Waals surface area contributed by atoms with Crippen LogP contribution in [0.3, 0.4) is 0 Å². The molecule has 0 spiro atoms. The second-order valence-corrected chi connectivity index (χ2v) is 3.71. The summed E-state index contributed by atoms with van der Waals surface area (Å²) >= 11 is 0. The van der Waals surface area contributed by atoms with Crippen molar-refractivity contribution in [1.82, 2.24) is 0 Å². The van der Waals surface area contributed by atoms with Crippen molar-refractivity contribution < 1.29 is 10.0 Å². The molecule has 2 nitrogen and oxygen atoms in total. The molecule has 0 saturated heterocycles. The van der Waals surface area contributed by atoms with Gasteiger partial charge in [0.2, 0.25) is 0 Å². The molecule has 0 bridgehead atoms. The Hall–Kier alpha value is -1.58. The molecule has 2 N–H and O–H groups in total. The van der Waals surface area contributed by atoms with Crippen molar-refractivity contribution in [3.63, 3.8) is 0 Å². The van der Waals surface area contributed by atoms with Crippen LogP contribution < -0.4 is 0 Å². The molecule has 0 aliphatic rings. The SMILES string of the molecule is OB(O)C(c1ccccc1)c1ccccc1. The maximum atomic E-state index is 9.47. The zero-order valence-electron chi connectivity index (χ0n) is 8.82. The minimum absolute atomic E-state index is 0.387. The van der Waals surface area contributed by atoms with Crippen LogP contribution in [0, 0.1) is 0 Å². The van der Waals surface area contributed by atoms with Crippen LogP contribution in [-0.2, 0) is 0 Å². The van der Waals surface area contributed by atoms with Gasteiger partial charge in [0.15, 0.2) is 0 Å². The summed E-state index contributed by atoms with van der Waals surface area (Å²) in [5, 5.41) is 18.9. The van der Waals surface area contributed by atoms with Crippen LogP contribution in [0.15, 0.2) is 60.7 Å². The molecule has 0 amide bonds. The van der Waals surface area contributed by atoms with E-state index in [-0.39, 0.29) is 5.82 Å². The van der Waals surface area contributed by atoms with E-state index in [2.05, 4.69) is 0 Å². The minimum Gasteiger partial charge on any atom is -0.426 e. The number of hydrogen-bond donors (Lipinski definition) is 2. The van der Waals surface area contributed by atoms with Gasteiger partial charge in [-0.05, 0) is 11.1 Å². The fraction of sp³-hybridized carbons (Fsp3) is 0.0769. The molecule has 0 heterocycles. The van der Waals surface area contributed by atoms with E-state index in [4.69, 9.17) is 0 Å². The second-order valence-electron chi connectivity index (χ2n) is 3.71. The van der Waals surface area contributed by atoms with E-state index in [1.165, 1.54) is 0 Å². The number of rotatable bonds is 3. The van der Waals surface area contributed by atoms with E-state index in [9.17, 15) is 10.0 Å². The molecule has 16 heavy (non-hydrogen) atoms. The van der Waals surface area contributed by atoms with Gasteiger partial charge in [0, 0.05) is 5.82 Å². The maximum Gasteiger partial charge on any atom is 0.464 e. The number of hydrogen-bond acceptors (Lipinski definition) is 2.